The number of esters is 2. The number of hydrogen-bond donors (Lipinski definition) is 1. The first-order valence-corrected chi connectivity index (χ1v) is 10.1. The maximum Gasteiger partial charge on any atom is 0.343 e. The highest BCUT2D eigenvalue weighted by Crippen LogP contribution is 2.14. The Morgan fingerprint density at radius 3 is 2.28 bits per heavy atom. The number of fused-ring (bicyclic) bond motifs is 1. The lowest BCUT2D eigenvalue weighted by molar-refractivity contribution is -0.116. The molecule has 0 atom stereocenters. The van der Waals surface area contributed by atoms with Gasteiger partial charge in [0.1, 0.15) is 17.8 Å². The van der Waals surface area contributed by atoms with E-state index in [1.807, 2.05) is 0 Å². The van der Waals surface area contributed by atoms with E-state index in [0.717, 1.165) is 0 Å². The van der Waals surface area contributed by atoms with Gasteiger partial charge in [0.2, 0.25) is 11.3 Å². The minimum absolute atomic E-state index is 0.116. The fraction of sp³-hybridized carbons (Fsp3) is 0.261. The molecule has 32 heavy (non-hydrogen) atoms. The Bertz CT molecular complexity index is 1230. The van der Waals surface area contributed by atoms with Crippen LogP contribution in [0, 0.1) is 6.92 Å². The topological polar surface area (TPSA) is 117 Å². The Kier molecular flexibility index (Phi) is 6.99. The predicted octanol–water partition coefficient (Wildman–Crippen LogP) is 2.70. The summed E-state index contributed by atoms with van der Waals surface area (Å²) in [5.41, 5.74) is 1.12. The van der Waals surface area contributed by atoms with Gasteiger partial charge in [-0.2, -0.15) is 0 Å². The zero-order valence-electron chi connectivity index (χ0n) is 18.0. The molecule has 0 radical (unpaired) electrons. The first-order valence-electron chi connectivity index (χ1n) is 10.1. The van der Waals surface area contributed by atoms with Gasteiger partial charge in [0.15, 0.2) is 0 Å². The summed E-state index contributed by atoms with van der Waals surface area (Å²) in [7, 11) is 0. The van der Waals surface area contributed by atoms with Crippen molar-refractivity contribution < 1.29 is 23.9 Å². The van der Waals surface area contributed by atoms with Gasteiger partial charge in [-0.15, -0.1) is 0 Å². The molecule has 0 aliphatic heterocycles. The second-order valence-corrected chi connectivity index (χ2v) is 6.89. The molecular formula is C23H23N3O6. The number of ether oxygens (including phenoxy) is 2. The van der Waals surface area contributed by atoms with Crippen molar-refractivity contribution in [2.45, 2.75) is 27.3 Å². The molecule has 0 spiro atoms. The van der Waals surface area contributed by atoms with E-state index in [4.69, 9.17) is 9.47 Å². The van der Waals surface area contributed by atoms with Crippen molar-refractivity contribution in [2.75, 3.05) is 18.5 Å². The Hall–Kier alpha value is -4.01. The van der Waals surface area contributed by atoms with Crippen LogP contribution < -0.4 is 10.7 Å². The second-order valence-electron chi connectivity index (χ2n) is 6.89. The van der Waals surface area contributed by atoms with Gasteiger partial charge in [-0.1, -0.05) is 0 Å². The summed E-state index contributed by atoms with van der Waals surface area (Å²) >= 11 is 0. The maximum absolute atomic E-state index is 12.7. The molecule has 0 bridgehead atoms. The highest BCUT2D eigenvalue weighted by atomic mass is 16.5. The van der Waals surface area contributed by atoms with Gasteiger partial charge in [-0.05, 0) is 57.2 Å². The number of aryl methyl sites for hydroxylation is 1. The largest absolute Gasteiger partial charge is 0.462 e. The molecule has 166 valence electrons. The molecule has 0 saturated heterocycles. The van der Waals surface area contributed by atoms with Crippen molar-refractivity contribution >= 4 is 34.6 Å². The molecular weight excluding hydrogens is 414 g/mol. The van der Waals surface area contributed by atoms with Crippen LogP contribution in [-0.4, -0.2) is 40.6 Å². The number of nitrogens with one attached hydrogen (secondary N) is 1. The summed E-state index contributed by atoms with van der Waals surface area (Å²) in [4.78, 5) is 53.8. The van der Waals surface area contributed by atoms with Gasteiger partial charge in [-0.3, -0.25) is 9.59 Å². The van der Waals surface area contributed by atoms with Gasteiger partial charge in [-0.25, -0.2) is 14.6 Å². The van der Waals surface area contributed by atoms with E-state index in [2.05, 4.69) is 10.3 Å². The standard InChI is InChI=1S/C23H23N3O6/c1-4-31-22(29)15-7-9-16(10-8-15)25-19(27)13-26-12-18(23(30)32-5-2)20(28)17-11-6-14(3)24-21(17)26/h6-12H,4-5,13H2,1-3H3,(H,25,27). The normalized spacial score (nSPS) is 10.6. The number of carbonyl (C=O) groups excluding carboxylic acids is 3. The number of hydrogen-bond acceptors (Lipinski definition) is 7. The number of amides is 1. The molecule has 9 heteroatoms. The number of benzene rings is 1. The minimum Gasteiger partial charge on any atom is -0.462 e. The average molecular weight is 437 g/mol. The average Bonchev–Trinajstić information content (AvgIpc) is 2.76. The van der Waals surface area contributed by atoms with E-state index in [1.54, 1.807) is 57.2 Å². The van der Waals surface area contributed by atoms with E-state index in [0.29, 0.717) is 16.9 Å². The number of carbonyl (C=O) groups is 3. The first kappa shape index (κ1) is 22.7. The van der Waals surface area contributed by atoms with Crippen LogP contribution in [0.25, 0.3) is 11.0 Å². The summed E-state index contributed by atoms with van der Waals surface area (Å²) in [6, 6.07) is 9.50. The molecule has 0 unspecified atom stereocenters. The molecule has 0 saturated carbocycles. The fourth-order valence-corrected chi connectivity index (χ4v) is 3.09. The third kappa shape index (κ3) is 5.00. The predicted molar refractivity (Wildman–Crippen MR) is 118 cm³/mol. The van der Waals surface area contributed by atoms with Crippen LogP contribution in [0.3, 0.4) is 0 Å². The van der Waals surface area contributed by atoms with Crippen LogP contribution in [0.1, 0.15) is 40.3 Å². The van der Waals surface area contributed by atoms with Crippen LogP contribution in [0.4, 0.5) is 5.69 Å². The summed E-state index contributed by atoms with van der Waals surface area (Å²) in [5, 5.41) is 2.94. The summed E-state index contributed by atoms with van der Waals surface area (Å²) in [6.07, 6.45) is 1.29. The second kappa shape index (κ2) is 9.86. The zero-order valence-corrected chi connectivity index (χ0v) is 18.0. The number of nitrogens with zero attached hydrogens (tertiary/aromatic N) is 2. The SMILES string of the molecule is CCOC(=O)c1ccc(NC(=O)Cn2cc(C(=O)OCC)c(=O)c3ccc(C)nc32)cc1. The van der Waals surface area contributed by atoms with Crippen molar-refractivity contribution in [3.8, 4) is 0 Å². The lowest BCUT2D eigenvalue weighted by atomic mass is 10.1. The van der Waals surface area contributed by atoms with E-state index in [-0.39, 0.29) is 36.4 Å². The summed E-state index contributed by atoms with van der Waals surface area (Å²) in [5.74, 6) is -1.61. The molecule has 0 aliphatic carbocycles. The van der Waals surface area contributed by atoms with Gasteiger partial charge in [0, 0.05) is 17.6 Å². The van der Waals surface area contributed by atoms with Crippen molar-refractivity contribution in [1.29, 1.82) is 0 Å². The highest BCUT2D eigenvalue weighted by Gasteiger charge is 2.18. The van der Waals surface area contributed by atoms with Crippen molar-refractivity contribution in [1.82, 2.24) is 9.55 Å². The number of rotatable bonds is 7. The third-order valence-corrected chi connectivity index (χ3v) is 4.55. The quantitative estimate of drug-likeness (QED) is 0.565. The molecule has 0 aliphatic rings. The lowest BCUT2D eigenvalue weighted by Gasteiger charge is -2.13. The molecule has 3 aromatic rings. The summed E-state index contributed by atoms with van der Waals surface area (Å²) < 4.78 is 11.4. The molecule has 2 aromatic heterocycles. The molecule has 0 fully saturated rings. The Morgan fingerprint density at radius 1 is 0.969 bits per heavy atom. The van der Waals surface area contributed by atoms with Crippen molar-refractivity contribution in [2.24, 2.45) is 0 Å². The molecule has 1 amide bonds. The van der Waals surface area contributed by atoms with E-state index in [9.17, 15) is 19.2 Å². The van der Waals surface area contributed by atoms with Gasteiger partial charge in [0.05, 0.1) is 24.2 Å². The molecule has 1 N–H and O–H groups in total. The van der Waals surface area contributed by atoms with Crippen LogP contribution in [0.2, 0.25) is 0 Å². The monoisotopic (exact) mass is 437 g/mol. The van der Waals surface area contributed by atoms with Crippen molar-refractivity contribution in [3.05, 3.63) is 69.6 Å². The Balaban J connectivity index is 1.88. The number of pyridine rings is 2. The summed E-state index contributed by atoms with van der Waals surface area (Å²) in [6.45, 7) is 5.31. The third-order valence-electron chi connectivity index (χ3n) is 4.55. The van der Waals surface area contributed by atoms with Gasteiger partial charge in [0.25, 0.3) is 0 Å². The minimum atomic E-state index is -0.760. The Labute approximate surface area is 184 Å². The van der Waals surface area contributed by atoms with Crippen molar-refractivity contribution in [3.63, 3.8) is 0 Å². The maximum atomic E-state index is 12.7. The lowest BCUT2D eigenvalue weighted by Crippen LogP contribution is -2.25. The van der Waals surface area contributed by atoms with Crippen LogP contribution in [-0.2, 0) is 20.8 Å². The first-order chi connectivity index (χ1) is 15.3. The smallest absolute Gasteiger partial charge is 0.343 e. The Morgan fingerprint density at radius 2 is 1.62 bits per heavy atom. The molecule has 9 nitrogen and oxygen atoms in total. The van der Waals surface area contributed by atoms with Gasteiger partial charge >= 0.3 is 11.9 Å². The van der Waals surface area contributed by atoms with Crippen LogP contribution in [0.5, 0.6) is 0 Å². The number of aromatic nitrogens is 2. The van der Waals surface area contributed by atoms with E-state index >= 15 is 0 Å². The molecule has 2 heterocycles. The van der Waals surface area contributed by atoms with Crippen LogP contribution in [0.15, 0.2) is 47.4 Å². The van der Waals surface area contributed by atoms with Crippen LogP contribution >= 0.6 is 0 Å². The van der Waals surface area contributed by atoms with Gasteiger partial charge < -0.3 is 19.4 Å². The molecule has 3 rings (SSSR count). The highest BCUT2D eigenvalue weighted by molar-refractivity contribution is 5.95. The fourth-order valence-electron chi connectivity index (χ4n) is 3.09. The molecule has 1 aromatic carbocycles. The number of anilines is 1. The van der Waals surface area contributed by atoms with E-state index in [1.165, 1.54) is 10.8 Å². The van der Waals surface area contributed by atoms with E-state index < -0.39 is 23.3 Å². The zero-order chi connectivity index (χ0) is 23.3.